The smallest absolute Gasteiger partial charge is 0.262 e. The first-order chi connectivity index (χ1) is 5.36. The zero-order chi connectivity index (χ0) is 7.68. The van der Waals surface area contributed by atoms with Crippen molar-refractivity contribution in [2.45, 2.75) is 12.8 Å². The Hall–Kier alpha value is -1.25. The first-order valence-corrected chi connectivity index (χ1v) is 3.68. The number of hydrogen-bond acceptors (Lipinski definition) is 2. The van der Waals surface area contributed by atoms with E-state index in [-0.39, 0.29) is 12.5 Å². The van der Waals surface area contributed by atoms with Gasteiger partial charge in [0.2, 0.25) is 0 Å². The fourth-order valence-electron chi connectivity index (χ4n) is 1.24. The van der Waals surface area contributed by atoms with Gasteiger partial charge in [0, 0.05) is 6.42 Å². The molecular weight excluding hydrogens is 142 g/mol. The van der Waals surface area contributed by atoms with Crippen LogP contribution >= 0.6 is 0 Å². The molecule has 1 N–H and O–H groups in total. The van der Waals surface area contributed by atoms with Crippen LogP contribution in [-0.2, 0) is 9.53 Å². The van der Waals surface area contributed by atoms with Crippen LogP contribution in [0.1, 0.15) is 12.8 Å². The fraction of sp³-hybridized carbons (Fsp3) is 0.375. The molecule has 1 amide bonds. The Balaban J connectivity index is 2.26. The van der Waals surface area contributed by atoms with Gasteiger partial charge in [-0.25, -0.2) is 0 Å². The molecule has 3 nitrogen and oxygen atoms in total. The van der Waals surface area contributed by atoms with E-state index in [0.29, 0.717) is 0 Å². The molecule has 0 aromatic carbocycles. The third-order valence-electron chi connectivity index (χ3n) is 1.77. The van der Waals surface area contributed by atoms with Gasteiger partial charge in [-0.15, -0.1) is 0 Å². The van der Waals surface area contributed by atoms with E-state index in [0.717, 1.165) is 24.3 Å². The van der Waals surface area contributed by atoms with Crippen molar-refractivity contribution in [3.05, 3.63) is 23.6 Å². The van der Waals surface area contributed by atoms with Crippen molar-refractivity contribution in [1.29, 1.82) is 0 Å². The van der Waals surface area contributed by atoms with Gasteiger partial charge >= 0.3 is 0 Å². The number of carbonyl (C=O) groups is 1. The summed E-state index contributed by atoms with van der Waals surface area (Å²) in [6.07, 6.45) is 5.85. The second-order valence-electron chi connectivity index (χ2n) is 2.61. The maximum absolute atomic E-state index is 10.8. The topological polar surface area (TPSA) is 38.3 Å². The second kappa shape index (κ2) is 2.42. The first-order valence-electron chi connectivity index (χ1n) is 3.68. The van der Waals surface area contributed by atoms with Gasteiger partial charge in [0.15, 0.2) is 6.61 Å². The van der Waals surface area contributed by atoms with E-state index >= 15 is 0 Å². The fourth-order valence-corrected chi connectivity index (χ4v) is 1.24. The Bertz CT molecular complexity index is 253. The molecule has 0 aromatic rings. The highest BCUT2D eigenvalue weighted by Gasteiger charge is 2.18. The number of ether oxygens (including phenoxy) is 1. The summed E-state index contributed by atoms with van der Waals surface area (Å²) in [6.45, 7) is 0.173. The highest BCUT2D eigenvalue weighted by Crippen LogP contribution is 2.20. The number of rotatable bonds is 0. The van der Waals surface area contributed by atoms with E-state index in [1.807, 2.05) is 12.2 Å². The van der Waals surface area contributed by atoms with Crippen molar-refractivity contribution in [3.63, 3.8) is 0 Å². The van der Waals surface area contributed by atoms with Crippen LogP contribution in [0, 0.1) is 0 Å². The average molecular weight is 151 g/mol. The number of carbonyl (C=O) groups excluding carboxylic acids is 1. The summed E-state index contributed by atoms with van der Waals surface area (Å²) in [7, 11) is 0. The lowest BCUT2D eigenvalue weighted by molar-refractivity contribution is -0.125. The van der Waals surface area contributed by atoms with Gasteiger partial charge < -0.3 is 10.1 Å². The standard InChI is InChI=1S/C8H9NO2/c10-8-5-11-7-4-2-1-3-6(7)9-8/h1,3H,2,4-5H2,(H,9,10). The van der Waals surface area contributed by atoms with Crippen molar-refractivity contribution in [1.82, 2.24) is 5.32 Å². The van der Waals surface area contributed by atoms with Gasteiger partial charge in [-0.3, -0.25) is 4.79 Å². The summed E-state index contributed by atoms with van der Waals surface area (Å²) in [5.41, 5.74) is 0.840. The molecule has 0 radical (unpaired) electrons. The van der Waals surface area contributed by atoms with E-state index < -0.39 is 0 Å². The number of hydrogen-bond donors (Lipinski definition) is 1. The summed E-state index contributed by atoms with van der Waals surface area (Å²) in [5, 5.41) is 2.75. The van der Waals surface area contributed by atoms with Gasteiger partial charge in [0.1, 0.15) is 5.76 Å². The summed E-state index contributed by atoms with van der Waals surface area (Å²) in [4.78, 5) is 10.8. The molecule has 0 saturated carbocycles. The molecule has 0 unspecified atom stereocenters. The van der Waals surface area contributed by atoms with Crippen molar-refractivity contribution in [2.24, 2.45) is 0 Å². The van der Waals surface area contributed by atoms with Crippen molar-refractivity contribution >= 4 is 5.91 Å². The summed E-state index contributed by atoms with van der Waals surface area (Å²) < 4.78 is 5.21. The van der Waals surface area contributed by atoms with Crippen molar-refractivity contribution in [3.8, 4) is 0 Å². The molecule has 0 spiro atoms. The van der Waals surface area contributed by atoms with Gasteiger partial charge in [-0.05, 0) is 12.5 Å². The predicted octanol–water partition coefficient (Wildman–Crippen LogP) is 0.694. The van der Waals surface area contributed by atoms with Gasteiger partial charge in [0.25, 0.3) is 5.91 Å². The number of nitrogens with one attached hydrogen (secondary N) is 1. The molecule has 0 fully saturated rings. The third-order valence-corrected chi connectivity index (χ3v) is 1.77. The Kier molecular flexibility index (Phi) is 1.42. The largest absolute Gasteiger partial charge is 0.486 e. The number of allylic oxidation sites excluding steroid dienone is 3. The van der Waals surface area contributed by atoms with Crippen molar-refractivity contribution < 1.29 is 9.53 Å². The lowest BCUT2D eigenvalue weighted by atomic mass is 10.1. The van der Waals surface area contributed by atoms with Crippen LogP contribution in [0.15, 0.2) is 23.6 Å². The van der Waals surface area contributed by atoms with E-state index in [2.05, 4.69) is 5.32 Å². The molecule has 58 valence electrons. The average Bonchev–Trinajstić information content (AvgIpc) is 2.04. The molecule has 1 aliphatic carbocycles. The van der Waals surface area contributed by atoms with Crippen LogP contribution in [-0.4, -0.2) is 12.5 Å². The number of amides is 1. The van der Waals surface area contributed by atoms with Crippen molar-refractivity contribution in [2.75, 3.05) is 6.61 Å². The minimum absolute atomic E-state index is 0.0599. The van der Waals surface area contributed by atoms with Crippen LogP contribution in [0.2, 0.25) is 0 Å². The molecule has 1 heterocycles. The molecule has 0 bridgehead atoms. The molecule has 11 heavy (non-hydrogen) atoms. The van der Waals surface area contributed by atoms with Gasteiger partial charge in [-0.2, -0.15) is 0 Å². The van der Waals surface area contributed by atoms with E-state index in [9.17, 15) is 4.79 Å². The molecule has 2 rings (SSSR count). The first kappa shape index (κ1) is 6.46. The maximum atomic E-state index is 10.8. The van der Waals surface area contributed by atoms with E-state index in [1.54, 1.807) is 0 Å². The quantitative estimate of drug-likeness (QED) is 0.553. The predicted molar refractivity (Wildman–Crippen MR) is 39.5 cm³/mol. The molecule has 1 aliphatic heterocycles. The summed E-state index contributed by atoms with van der Waals surface area (Å²) >= 11 is 0. The zero-order valence-corrected chi connectivity index (χ0v) is 6.09. The van der Waals surface area contributed by atoms with Crippen LogP contribution in [0.5, 0.6) is 0 Å². The minimum Gasteiger partial charge on any atom is -0.486 e. The lowest BCUT2D eigenvalue weighted by Gasteiger charge is -2.21. The minimum atomic E-state index is -0.0599. The molecule has 2 aliphatic rings. The Morgan fingerprint density at radius 1 is 1.55 bits per heavy atom. The molecule has 0 saturated heterocycles. The Morgan fingerprint density at radius 2 is 2.45 bits per heavy atom. The maximum Gasteiger partial charge on any atom is 0.262 e. The monoisotopic (exact) mass is 151 g/mol. The molecule has 0 aromatic heterocycles. The van der Waals surface area contributed by atoms with Crippen LogP contribution < -0.4 is 5.32 Å². The lowest BCUT2D eigenvalue weighted by Crippen LogP contribution is -2.33. The van der Waals surface area contributed by atoms with Crippen LogP contribution in [0.25, 0.3) is 0 Å². The SMILES string of the molecule is O=C1COC2=C(C=CCC2)N1. The highest BCUT2D eigenvalue weighted by atomic mass is 16.5. The zero-order valence-electron chi connectivity index (χ0n) is 6.09. The molecule has 3 heteroatoms. The highest BCUT2D eigenvalue weighted by molar-refractivity contribution is 5.80. The van der Waals surface area contributed by atoms with Gasteiger partial charge in [-0.1, -0.05) is 6.08 Å². The van der Waals surface area contributed by atoms with E-state index in [4.69, 9.17) is 4.74 Å². The molecular formula is C8H9NO2. The van der Waals surface area contributed by atoms with Crippen LogP contribution in [0.3, 0.4) is 0 Å². The summed E-state index contributed by atoms with van der Waals surface area (Å²) in [5.74, 6) is 0.863. The normalized spacial score (nSPS) is 22.4. The van der Waals surface area contributed by atoms with Gasteiger partial charge in [0.05, 0.1) is 5.70 Å². The summed E-state index contributed by atoms with van der Waals surface area (Å²) in [6, 6.07) is 0. The Morgan fingerprint density at radius 3 is 3.36 bits per heavy atom. The van der Waals surface area contributed by atoms with E-state index in [1.165, 1.54) is 0 Å². The third kappa shape index (κ3) is 1.13. The molecule has 0 atom stereocenters. The van der Waals surface area contributed by atoms with Crippen LogP contribution in [0.4, 0.5) is 0 Å². The second-order valence-corrected chi connectivity index (χ2v) is 2.61. The Labute approximate surface area is 64.7 Å².